The molecule has 2 aromatic heterocycles. The lowest BCUT2D eigenvalue weighted by Gasteiger charge is -2.59. The van der Waals surface area contributed by atoms with Crippen LogP contribution in [0.15, 0.2) is 43.0 Å². The van der Waals surface area contributed by atoms with Crippen LogP contribution in [0.4, 0.5) is 10.2 Å². The number of anilines is 1. The Balaban J connectivity index is 1.10. The number of benzene rings is 1. The third-order valence-corrected chi connectivity index (χ3v) is 9.27. The molecule has 11 heteroatoms. The highest BCUT2D eigenvalue weighted by atomic mass is 35.5. The molecule has 9 nitrogen and oxygen atoms in total. The van der Waals surface area contributed by atoms with Crippen LogP contribution in [0.1, 0.15) is 61.6 Å². The Morgan fingerprint density at radius 1 is 1.18 bits per heavy atom. The zero-order valence-electron chi connectivity index (χ0n) is 25.6. The number of rotatable bonds is 11. The fraction of sp³-hybridized carbons (Fsp3) is 0.515. The number of alkyl halides is 1. The second-order valence-electron chi connectivity index (χ2n) is 12.4. The van der Waals surface area contributed by atoms with Gasteiger partial charge in [-0.05, 0) is 70.8 Å². The number of amides is 1. The van der Waals surface area contributed by atoms with Crippen LogP contribution >= 0.6 is 11.6 Å². The average molecular weight is 623 g/mol. The van der Waals surface area contributed by atoms with E-state index in [9.17, 15) is 9.18 Å². The van der Waals surface area contributed by atoms with Crippen molar-refractivity contribution in [2.24, 2.45) is 5.41 Å². The Morgan fingerprint density at radius 2 is 2.00 bits per heavy atom. The summed E-state index contributed by atoms with van der Waals surface area (Å²) >= 11 is 5.93. The molecule has 2 fully saturated rings. The van der Waals surface area contributed by atoms with Crippen LogP contribution in [0.2, 0.25) is 0 Å². The van der Waals surface area contributed by atoms with E-state index in [0.717, 1.165) is 69.9 Å². The number of hydrogen-bond donors (Lipinski definition) is 0. The minimum absolute atomic E-state index is 0.0356. The standard InChI is InChI=1S/C33H40ClFN6O3/c1-4-41(22(2)3)32(42)25-14-23(35)6-7-28(25)44-30-17-36-21-38-31(30)40-19-33(20-40)15-24(16-33)43-29-8-11-37-27-9-13-39(12-5-10-34)18-26(27)29/h6-8,11,14,17,21-22,24H,4-5,9-10,12-13,15-16,18-20H2,1-3H3. The summed E-state index contributed by atoms with van der Waals surface area (Å²) in [7, 11) is 0. The van der Waals surface area contributed by atoms with Gasteiger partial charge in [-0.1, -0.05) is 0 Å². The summed E-state index contributed by atoms with van der Waals surface area (Å²) in [5.41, 5.74) is 2.70. The van der Waals surface area contributed by atoms with Crippen LogP contribution in [0.5, 0.6) is 17.2 Å². The van der Waals surface area contributed by atoms with E-state index in [4.69, 9.17) is 21.1 Å². The average Bonchev–Trinajstić information content (AvgIpc) is 2.98. The number of hydrogen-bond acceptors (Lipinski definition) is 8. The van der Waals surface area contributed by atoms with E-state index in [1.165, 1.54) is 30.1 Å². The highest BCUT2D eigenvalue weighted by molar-refractivity contribution is 6.17. The zero-order valence-corrected chi connectivity index (χ0v) is 26.4. The Hall–Kier alpha value is -3.50. The van der Waals surface area contributed by atoms with Gasteiger partial charge in [-0.15, -0.1) is 11.6 Å². The largest absolute Gasteiger partial charge is 0.490 e. The number of ether oxygens (including phenoxy) is 2. The van der Waals surface area contributed by atoms with Gasteiger partial charge in [0.05, 0.1) is 11.8 Å². The fourth-order valence-corrected chi connectivity index (χ4v) is 6.91. The number of pyridine rings is 1. The van der Waals surface area contributed by atoms with Gasteiger partial charge in [-0.2, -0.15) is 0 Å². The van der Waals surface area contributed by atoms with E-state index in [0.29, 0.717) is 24.0 Å². The number of carbonyl (C=O) groups is 1. The summed E-state index contributed by atoms with van der Waals surface area (Å²) in [5.74, 6) is 2.23. The maximum Gasteiger partial charge on any atom is 0.257 e. The summed E-state index contributed by atoms with van der Waals surface area (Å²) in [6.45, 7) is 10.8. The van der Waals surface area contributed by atoms with Crippen LogP contribution in [0, 0.1) is 11.2 Å². The Bertz CT molecular complexity index is 1490. The predicted molar refractivity (Wildman–Crippen MR) is 167 cm³/mol. The normalized spacial score (nSPS) is 17.6. The molecule has 1 saturated heterocycles. The minimum atomic E-state index is -0.493. The molecule has 0 atom stereocenters. The van der Waals surface area contributed by atoms with Gasteiger partial charge in [0, 0.05) is 73.9 Å². The van der Waals surface area contributed by atoms with E-state index in [1.54, 1.807) is 11.1 Å². The zero-order chi connectivity index (χ0) is 30.8. The molecule has 2 aliphatic heterocycles. The van der Waals surface area contributed by atoms with Crippen LogP contribution in [-0.2, 0) is 13.0 Å². The second-order valence-corrected chi connectivity index (χ2v) is 12.8. The maximum atomic E-state index is 14.3. The van der Waals surface area contributed by atoms with Crippen LogP contribution in [0.25, 0.3) is 0 Å². The molecular formula is C33H40ClFN6O3. The Morgan fingerprint density at radius 3 is 2.75 bits per heavy atom. The second kappa shape index (κ2) is 12.9. The van der Waals surface area contributed by atoms with Gasteiger partial charge in [-0.3, -0.25) is 14.7 Å². The summed E-state index contributed by atoms with van der Waals surface area (Å²) < 4.78 is 27.0. The van der Waals surface area contributed by atoms with Crippen molar-refractivity contribution in [1.29, 1.82) is 0 Å². The number of halogens is 2. The van der Waals surface area contributed by atoms with E-state index in [-0.39, 0.29) is 34.8 Å². The molecule has 3 aliphatic rings. The van der Waals surface area contributed by atoms with Crippen LogP contribution < -0.4 is 14.4 Å². The molecule has 6 rings (SSSR count). The van der Waals surface area contributed by atoms with Gasteiger partial charge < -0.3 is 19.3 Å². The molecule has 0 bridgehead atoms. The molecule has 0 radical (unpaired) electrons. The first-order valence-electron chi connectivity index (χ1n) is 15.5. The van der Waals surface area contributed by atoms with E-state index in [1.807, 2.05) is 33.0 Å². The first-order valence-corrected chi connectivity index (χ1v) is 16.1. The van der Waals surface area contributed by atoms with Crippen LogP contribution in [0.3, 0.4) is 0 Å². The third kappa shape index (κ3) is 6.19. The fourth-order valence-electron chi connectivity index (χ4n) is 6.79. The number of carbonyl (C=O) groups excluding carboxylic acids is 1. The summed E-state index contributed by atoms with van der Waals surface area (Å²) in [6.07, 6.45) is 8.97. The van der Waals surface area contributed by atoms with Crippen molar-refractivity contribution in [3.63, 3.8) is 0 Å². The predicted octanol–water partition coefficient (Wildman–Crippen LogP) is 5.71. The maximum absolute atomic E-state index is 14.3. The van der Waals surface area contributed by atoms with Crippen molar-refractivity contribution in [1.82, 2.24) is 24.8 Å². The lowest BCUT2D eigenvalue weighted by Crippen LogP contribution is -2.65. The van der Waals surface area contributed by atoms with Crippen molar-refractivity contribution < 1.29 is 18.7 Å². The lowest BCUT2D eigenvalue weighted by molar-refractivity contribution is -0.0352. The molecule has 1 aromatic carbocycles. The molecule has 234 valence electrons. The van der Waals surface area contributed by atoms with Gasteiger partial charge in [0.25, 0.3) is 5.91 Å². The quantitative estimate of drug-likeness (QED) is 0.252. The molecule has 3 aromatic rings. The summed E-state index contributed by atoms with van der Waals surface area (Å²) in [5, 5.41) is 0. The summed E-state index contributed by atoms with van der Waals surface area (Å²) in [6, 6.07) is 5.99. The van der Waals surface area contributed by atoms with E-state index in [2.05, 4.69) is 24.8 Å². The van der Waals surface area contributed by atoms with Gasteiger partial charge in [0.1, 0.15) is 29.7 Å². The van der Waals surface area contributed by atoms with E-state index >= 15 is 0 Å². The van der Waals surface area contributed by atoms with Crippen molar-refractivity contribution >= 4 is 23.3 Å². The van der Waals surface area contributed by atoms with Crippen LogP contribution in [-0.4, -0.2) is 81.4 Å². The van der Waals surface area contributed by atoms with Gasteiger partial charge in [-0.25, -0.2) is 14.4 Å². The lowest BCUT2D eigenvalue weighted by atomic mass is 9.61. The van der Waals surface area contributed by atoms with Crippen molar-refractivity contribution in [2.75, 3.05) is 43.5 Å². The Kier molecular flexibility index (Phi) is 8.91. The first-order chi connectivity index (χ1) is 21.3. The first kappa shape index (κ1) is 30.5. The van der Waals surface area contributed by atoms with Crippen molar-refractivity contribution in [3.8, 4) is 17.2 Å². The number of fused-ring (bicyclic) bond motifs is 1. The third-order valence-electron chi connectivity index (χ3n) is 9.00. The molecule has 44 heavy (non-hydrogen) atoms. The number of nitrogens with zero attached hydrogens (tertiary/aromatic N) is 6. The SMILES string of the molecule is CCN(C(=O)c1cc(F)ccc1Oc1cncnc1N1CC2(CC(Oc3ccnc4c3CN(CCCCl)CC4)C2)C1)C(C)C. The molecular weight excluding hydrogens is 583 g/mol. The molecule has 4 heterocycles. The van der Waals surface area contributed by atoms with E-state index < -0.39 is 5.82 Å². The van der Waals surface area contributed by atoms with Crippen molar-refractivity contribution in [3.05, 3.63) is 65.6 Å². The number of aromatic nitrogens is 3. The van der Waals surface area contributed by atoms with Gasteiger partial charge in [0.2, 0.25) is 0 Å². The molecule has 0 N–H and O–H groups in total. The smallest absolute Gasteiger partial charge is 0.257 e. The van der Waals surface area contributed by atoms with Crippen molar-refractivity contribution in [2.45, 2.75) is 65.1 Å². The highest BCUT2D eigenvalue weighted by Gasteiger charge is 2.54. The van der Waals surface area contributed by atoms with Gasteiger partial charge in [0.15, 0.2) is 11.6 Å². The summed E-state index contributed by atoms with van der Waals surface area (Å²) in [4.78, 5) is 32.9. The molecule has 0 unspecified atom stereocenters. The monoisotopic (exact) mass is 622 g/mol. The topological polar surface area (TPSA) is 83.9 Å². The molecule has 1 aliphatic carbocycles. The van der Waals surface area contributed by atoms with Gasteiger partial charge >= 0.3 is 0 Å². The highest BCUT2D eigenvalue weighted by Crippen LogP contribution is 2.52. The Labute approximate surface area is 263 Å². The molecule has 1 amide bonds. The minimum Gasteiger partial charge on any atom is -0.490 e. The molecule has 1 saturated carbocycles. The molecule has 1 spiro atoms.